The van der Waals surface area contributed by atoms with Gasteiger partial charge in [0.2, 0.25) is 0 Å². The number of ether oxygens (including phenoxy) is 3. The summed E-state index contributed by atoms with van der Waals surface area (Å²) in [4.78, 5) is 22.9. The van der Waals surface area contributed by atoms with Crippen molar-refractivity contribution in [2.75, 3.05) is 13.2 Å². The van der Waals surface area contributed by atoms with Gasteiger partial charge in [-0.3, -0.25) is 0 Å². The zero-order valence-electron chi connectivity index (χ0n) is 11.6. The first-order valence-electron chi connectivity index (χ1n) is 5.80. The van der Waals surface area contributed by atoms with E-state index in [1.54, 1.807) is 13.8 Å². The highest BCUT2D eigenvalue weighted by Crippen LogP contribution is 2.02. The van der Waals surface area contributed by atoms with Crippen LogP contribution in [0.1, 0.15) is 27.7 Å². The molecule has 0 fully saturated rings. The van der Waals surface area contributed by atoms with Crippen LogP contribution in [0.2, 0.25) is 0 Å². The van der Waals surface area contributed by atoms with Crippen LogP contribution in [-0.4, -0.2) is 37.4 Å². The van der Waals surface area contributed by atoms with E-state index in [0.29, 0.717) is 0 Å². The SMILES string of the molecule is CC#CCOC(=O)C(C)OC(C)C(=O)OCC#CC. The van der Waals surface area contributed by atoms with E-state index in [0.717, 1.165) is 0 Å². The van der Waals surface area contributed by atoms with E-state index in [9.17, 15) is 9.59 Å². The Hall–Kier alpha value is -1.98. The van der Waals surface area contributed by atoms with Gasteiger partial charge in [-0.05, 0) is 27.7 Å². The molecule has 5 heteroatoms. The van der Waals surface area contributed by atoms with Gasteiger partial charge in [0.25, 0.3) is 0 Å². The fraction of sp³-hybridized carbons (Fsp3) is 0.571. The molecule has 19 heavy (non-hydrogen) atoms. The molecule has 0 aromatic heterocycles. The summed E-state index contributed by atoms with van der Waals surface area (Å²) in [6.45, 7) is 6.30. The quantitative estimate of drug-likeness (QED) is 0.528. The first kappa shape index (κ1) is 17.0. The fourth-order valence-corrected chi connectivity index (χ4v) is 1.01. The Morgan fingerprint density at radius 2 is 1.26 bits per heavy atom. The van der Waals surface area contributed by atoms with Crippen molar-refractivity contribution in [2.24, 2.45) is 0 Å². The predicted octanol–water partition coefficient (Wildman–Crippen LogP) is 0.913. The topological polar surface area (TPSA) is 61.8 Å². The van der Waals surface area contributed by atoms with Crippen molar-refractivity contribution >= 4 is 11.9 Å². The first-order valence-corrected chi connectivity index (χ1v) is 5.80. The lowest BCUT2D eigenvalue weighted by atomic mass is 10.3. The number of rotatable bonds is 6. The van der Waals surface area contributed by atoms with Gasteiger partial charge in [-0.2, -0.15) is 0 Å². The minimum atomic E-state index is -0.863. The van der Waals surface area contributed by atoms with Crippen LogP contribution < -0.4 is 0 Å². The molecule has 0 rings (SSSR count). The highest BCUT2D eigenvalue weighted by Gasteiger charge is 2.23. The van der Waals surface area contributed by atoms with Crippen molar-refractivity contribution in [3.8, 4) is 23.7 Å². The minimum Gasteiger partial charge on any atom is -0.451 e. The van der Waals surface area contributed by atoms with Crippen LogP contribution in [0.25, 0.3) is 0 Å². The molecule has 104 valence electrons. The molecule has 0 aromatic carbocycles. The molecule has 2 atom stereocenters. The average molecular weight is 266 g/mol. The average Bonchev–Trinajstić information content (AvgIpc) is 2.38. The van der Waals surface area contributed by atoms with Gasteiger partial charge >= 0.3 is 11.9 Å². The van der Waals surface area contributed by atoms with Gasteiger partial charge in [-0.25, -0.2) is 9.59 Å². The van der Waals surface area contributed by atoms with Crippen molar-refractivity contribution in [1.29, 1.82) is 0 Å². The maximum absolute atomic E-state index is 11.4. The van der Waals surface area contributed by atoms with Crippen LogP contribution >= 0.6 is 0 Å². The van der Waals surface area contributed by atoms with Crippen LogP contribution in [0.4, 0.5) is 0 Å². The third-order valence-corrected chi connectivity index (χ3v) is 2.00. The summed E-state index contributed by atoms with van der Waals surface area (Å²) in [5, 5.41) is 0. The van der Waals surface area contributed by atoms with E-state index < -0.39 is 24.1 Å². The maximum atomic E-state index is 11.4. The van der Waals surface area contributed by atoms with Gasteiger partial charge in [0, 0.05) is 0 Å². The van der Waals surface area contributed by atoms with Crippen molar-refractivity contribution in [3.05, 3.63) is 0 Å². The van der Waals surface area contributed by atoms with Gasteiger partial charge < -0.3 is 14.2 Å². The second-order valence-electron chi connectivity index (χ2n) is 3.49. The molecule has 0 saturated carbocycles. The van der Waals surface area contributed by atoms with Crippen LogP contribution in [0.5, 0.6) is 0 Å². The van der Waals surface area contributed by atoms with E-state index in [4.69, 9.17) is 14.2 Å². The Labute approximate surface area is 113 Å². The molecule has 0 saturated heterocycles. The highest BCUT2D eigenvalue weighted by molar-refractivity contribution is 5.77. The van der Waals surface area contributed by atoms with Crippen LogP contribution in [-0.2, 0) is 23.8 Å². The van der Waals surface area contributed by atoms with Gasteiger partial charge in [-0.1, -0.05) is 11.8 Å². The van der Waals surface area contributed by atoms with Crippen LogP contribution in [0.15, 0.2) is 0 Å². The van der Waals surface area contributed by atoms with E-state index in [-0.39, 0.29) is 13.2 Å². The number of hydrogen-bond donors (Lipinski definition) is 0. The summed E-state index contributed by atoms with van der Waals surface area (Å²) in [6, 6.07) is 0. The summed E-state index contributed by atoms with van der Waals surface area (Å²) in [7, 11) is 0. The fourth-order valence-electron chi connectivity index (χ4n) is 1.01. The van der Waals surface area contributed by atoms with E-state index >= 15 is 0 Å². The van der Waals surface area contributed by atoms with Gasteiger partial charge in [0.05, 0.1) is 0 Å². The highest BCUT2D eigenvalue weighted by atomic mass is 16.6. The van der Waals surface area contributed by atoms with Crippen LogP contribution in [0.3, 0.4) is 0 Å². The van der Waals surface area contributed by atoms with Gasteiger partial charge in [0.15, 0.2) is 25.4 Å². The molecule has 0 radical (unpaired) electrons. The van der Waals surface area contributed by atoms with Crippen molar-refractivity contribution in [3.63, 3.8) is 0 Å². The van der Waals surface area contributed by atoms with Crippen LogP contribution in [0, 0.1) is 23.7 Å². The number of esters is 2. The molecule has 0 aliphatic heterocycles. The summed E-state index contributed by atoms with van der Waals surface area (Å²) >= 11 is 0. The Morgan fingerprint density at radius 1 is 0.895 bits per heavy atom. The molecule has 0 N–H and O–H groups in total. The summed E-state index contributed by atoms with van der Waals surface area (Å²) < 4.78 is 14.8. The standard InChI is InChI=1S/C14H18O5/c1-5-7-9-17-13(15)11(3)19-12(4)14(16)18-10-8-6-2/h11-12H,9-10H2,1-4H3. The molecular formula is C14H18O5. The number of carbonyl (C=O) groups excluding carboxylic acids is 2. The monoisotopic (exact) mass is 266 g/mol. The normalized spacial score (nSPS) is 12.0. The molecule has 0 spiro atoms. The zero-order chi connectivity index (χ0) is 14.7. The molecule has 0 aromatic rings. The largest absolute Gasteiger partial charge is 0.451 e. The van der Waals surface area contributed by atoms with Gasteiger partial charge in [-0.15, -0.1) is 11.8 Å². The van der Waals surface area contributed by atoms with Crippen molar-refractivity contribution < 1.29 is 23.8 Å². The van der Waals surface area contributed by atoms with E-state index in [1.165, 1.54) is 13.8 Å². The lowest BCUT2D eigenvalue weighted by Crippen LogP contribution is -2.32. The second-order valence-corrected chi connectivity index (χ2v) is 3.49. The Bertz CT molecular complexity index is 379. The van der Waals surface area contributed by atoms with Crippen molar-refractivity contribution in [2.45, 2.75) is 39.9 Å². The smallest absolute Gasteiger partial charge is 0.335 e. The van der Waals surface area contributed by atoms with E-state index in [1.807, 2.05) is 0 Å². The zero-order valence-corrected chi connectivity index (χ0v) is 11.6. The Balaban J connectivity index is 4.09. The first-order chi connectivity index (χ1) is 9.02. The molecule has 0 aliphatic carbocycles. The second kappa shape index (κ2) is 9.99. The number of hydrogen-bond acceptors (Lipinski definition) is 5. The number of carbonyl (C=O) groups is 2. The molecule has 0 bridgehead atoms. The Morgan fingerprint density at radius 3 is 1.58 bits per heavy atom. The summed E-state index contributed by atoms with van der Waals surface area (Å²) in [6.07, 6.45) is -1.73. The molecule has 0 amide bonds. The summed E-state index contributed by atoms with van der Waals surface area (Å²) in [5.74, 6) is 9.22. The maximum Gasteiger partial charge on any atom is 0.335 e. The lowest BCUT2D eigenvalue weighted by molar-refractivity contribution is -0.168. The molecular weight excluding hydrogens is 248 g/mol. The molecule has 0 aliphatic rings. The minimum absolute atomic E-state index is 0.00789. The third kappa shape index (κ3) is 7.86. The van der Waals surface area contributed by atoms with Crippen molar-refractivity contribution in [1.82, 2.24) is 0 Å². The van der Waals surface area contributed by atoms with Gasteiger partial charge in [0.1, 0.15) is 0 Å². The third-order valence-electron chi connectivity index (χ3n) is 2.00. The molecule has 0 heterocycles. The molecule has 5 nitrogen and oxygen atoms in total. The summed E-state index contributed by atoms with van der Waals surface area (Å²) in [5.41, 5.74) is 0. The lowest BCUT2D eigenvalue weighted by Gasteiger charge is -2.16. The molecule has 2 unspecified atom stereocenters. The Kier molecular flexibility index (Phi) is 8.95. The van der Waals surface area contributed by atoms with E-state index in [2.05, 4.69) is 23.7 Å². The predicted molar refractivity (Wildman–Crippen MR) is 68.8 cm³/mol.